The summed E-state index contributed by atoms with van der Waals surface area (Å²) in [6.45, 7) is 8.63. The van der Waals surface area contributed by atoms with Crippen molar-refractivity contribution in [3.8, 4) is 5.75 Å². The van der Waals surface area contributed by atoms with Crippen molar-refractivity contribution in [3.63, 3.8) is 0 Å². The summed E-state index contributed by atoms with van der Waals surface area (Å²) in [6, 6.07) is 16.0. The summed E-state index contributed by atoms with van der Waals surface area (Å²) in [5.74, 6) is 0.748. The third-order valence-corrected chi connectivity index (χ3v) is 5.85. The van der Waals surface area contributed by atoms with Crippen molar-refractivity contribution in [3.05, 3.63) is 65.4 Å². The number of hydrogen-bond donors (Lipinski definition) is 0. The molecule has 0 radical (unpaired) electrons. The summed E-state index contributed by atoms with van der Waals surface area (Å²) >= 11 is 0. The van der Waals surface area contributed by atoms with Gasteiger partial charge in [-0.25, -0.2) is 9.36 Å². The Morgan fingerprint density at radius 1 is 1.10 bits per heavy atom. The summed E-state index contributed by atoms with van der Waals surface area (Å²) in [6.07, 6.45) is -0.383. The molecule has 6 nitrogen and oxygen atoms in total. The van der Waals surface area contributed by atoms with Crippen molar-refractivity contribution >= 4 is 22.7 Å². The molecular formula is C25H26N2O4. The molecule has 0 unspecified atom stereocenters. The van der Waals surface area contributed by atoms with E-state index in [0.717, 1.165) is 39.2 Å². The maximum atomic E-state index is 13.2. The minimum absolute atomic E-state index is 0.0699. The molecule has 31 heavy (non-hydrogen) atoms. The second kappa shape index (κ2) is 7.15. The van der Waals surface area contributed by atoms with E-state index in [1.165, 1.54) is 0 Å². The lowest BCUT2D eigenvalue weighted by atomic mass is 9.81. The number of hydrogen-bond acceptors (Lipinski definition) is 5. The smallest absolute Gasteiger partial charge is 0.419 e. The maximum Gasteiger partial charge on any atom is 0.419 e. The van der Waals surface area contributed by atoms with E-state index < -0.39 is 5.60 Å². The van der Waals surface area contributed by atoms with E-state index >= 15 is 0 Å². The van der Waals surface area contributed by atoms with Crippen molar-refractivity contribution in [2.45, 2.75) is 39.2 Å². The van der Waals surface area contributed by atoms with E-state index in [4.69, 9.17) is 14.3 Å². The maximum absolute atomic E-state index is 13.2. The van der Waals surface area contributed by atoms with Gasteiger partial charge in [-0.05, 0) is 45.4 Å². The van der Waals surface area contributed by atoms with Gasteiger partial charge in [0.05, 0.1) is 29.7 Å². The summed E-state index contributed by atoms with van der Waals surface area (Å²) in [5.41, 5.74) is 4.08. The Hall–Kier alpha value is -3.28. The Labute approximate surface area is 181 Å². The lowest BCUT2D eigenvalue weighted by Gasteiger charge is -2.21. The molecule has 3 heterocycles. The van der Waals surface area contributed by atoms with Crippen molar-refractivity contribution < 1.29 is 19.1 Å². The molecule has 2 atom stereocenters. The topological polar surface area (TPSA) is 62.0 Å². The number of oxime groups is 1. The molecule has 0 N–H and O–H groups in total. The van der Waals surface area contributed by atoms with Gasteiger partial charge in [0.2, 0.25) is 0 Å². The average Bonchev–Trinajstić information content (AvgIpc) is 3.25. The van der Waals surface area contributed by atoms with Crippen LogP contribution in [-0.2, 0) is 9.57 Å². The van der Waals surface area contributed by atoms with Gasteiger partial charge in [-0.15, -0.1) is 0 Å². The first-order chi connectivity index (χ1) is 14.8. The Balaban J connectivity index is 1.77. The Morgan fingerprint density at radius 2 is 1.84 bits per heavy atom. The molecule has 0 bridgehead atoms. The van der Waals surface area contributed by atoms with Crippen LogP contribution in [0.3, 0.4) is 0 Å². The van der Waals surface area contributed by atoms with E-state index in [1.54, 1.807) is 4.57 Å². The lowest BCUT2D eigenvalue weighted by molar-refractivity contribution is 0.0541. The van der Waals surface area contributed by atoms with Crippen LogP contribution in [0.15, 0.2) is 53.7 Å². The highest BCUT2D eigenvalue weighted by molar-refractivity contribution is 6.03. The summed E-state index contributed by atoms with van der Waals surface area (Å²) in [7, 11) is 0. The zero-order valence-corrected chi connectivity index (χ0v) is 18.2. The molecule has 0 spiro atoms. The molecule has 0 saturated heterocycles. The number of benzene rings is 2. The van der Waals surface area contributed by atoms with E-state index in [-0.39, 0.29) is 17.9 Å². The third kappa shape index (κ3) is 3.26. The van der Waals surface area contributed by atoms with Gasteiger partial charge in [0, 0.05) is 16.6 Å². The number of para-hydroxylation sites is 2. The number of rotatable bonds is 1. The molecule has 2 aliphatic rings. The van der Waals surface area contributed by atoms with Gasteiger partial charge in [0.1, 0.15) is 18.0 Å². The molecule has 5 rings (SSSR count). The first-order valence-corrected chi connectivity index (χ1v) is 10.6. The van der Waals surface area contributed by atoms with E-state index in [2.05, 4.69) is 17.3 Å². The Morgan fingerprint density at radius 3 is 2.65 bits per heavy atom. The Bertz CT molecular complexity index is 1200. The standard InChI is InChI=1S/C25H26N2O4/c1-15-21(17-9-5-7-11-19(17)27(15)24(28)31-25(2,3)4)22-18-10-6-8-12-20(18)29-13-16-14-30-26-23(16)22/h5-12,16,22H,13-14H2,1-4H3/t16-,22-/m0/s1. The molecular weight excluding hydrogens is 392 g/mol. The van der Waals surface area contributed by atoms with Gasteiger partial charge in [-0.2, -0.15) is 0 Å². The fourth-order valence-electron chi connectivity index (χ4n) is 4.59. The highest BCUT2D eigenvalue weighted by Crippen LogP contribution is 2.44. The van der Waals surface area contributed by atoms with E-state index in [1.807, 2.05) is 64.1 Å². The molecule has 160 valence electrons. The molecule has 0 amide bonds. The predicted octanol–water partition coefficient (Wildman–Crippen LogP) is 5.26. The first kappa shape index (κ1) is 19.7. The van der Waals surface area contributed by atoms with Crippen LogP contribution >= 0.6 is 0 Å². The van der Waals surface area contributed by atoms with Crippen LogP contribution in [0, 0.1) is 12.8 Å². The zero-order valence-electron chi connectivity index (χ0n) is 18.2. The molecule has 0 aliphatic carbocycles. The van der Waals surface area contributed by atoms with Gasteiger partial charge in [0.25, 0.3) is 0 Å². The van der Waals surface area contributed by atoms with E-state index in [9.17, 15) is 4.79 Å². The van der Waals surface area contributed by atoms with Gasteiger partial charge in [-0.1, -0.05) is 41.6 Å². The highest BCUT2D eigenvalue weighted by Gasteiger charge is 2.40. The van der Waals surface area contributed by atoms with Crippen LogP contribution in [-0.4, -0.2) is 35.2 Å². The quantitative estimate of drug-likeness (QED) is 0.541. The summed E-state index contributed by atoms with van der Waals surface area (Å²) in [4.78, 5) is 18.7. The van der Waals surface area contributed by atoms with Gasteiger partial charge >= 0.3 is 6.09 Å². The van der Waals surface area contributed by atoms with Crippen LogP contribution < -0.4 is 4.74 Å². The van der Waals surface area contributed by atoms with Crippen LogP contribution in [0.5, 0.6) is 5.75 Å². The number of aromatic nitrogens is 1. The SMILES string of the molecule is Cc1c([C@H]2C3=NOC[C@@H]3COc3ccccc32)c2ccccc2n1C(=O)OC(C)(C)C. The van der Waals surface area contributed by atoms with E-state index in [0.29, 0.717) is 13.2 Å². The van der Waals surface area contributed by atoms with Crippen molar-refractivity contribution in [1.82, 2.24) is 4.57 Å². The number of carbonyl (C=O) groups is 1. The predicted molar refractivity (Wildman–Crippen MR) is 119 cm³/mol. The second-order valence-corrected chi connectivity index (χ2v) is 9.12. The van der Waals surface area contributed by atoms with Crippen LogP contribution in [0.1, 0.15) is 43.5 Å². The molecule has 2 aromatic carbocycles. The zero-order chi connectivity index (χ0) is 21.8. The van der Waals surface area contributed by atoms with Crippen molar-refractivity contribution in [2.75, 3.05) is 13.2 Å². The van der Waals surface area contributed by atoms with Crippen LogP contribution in [0.2, 0.25) is 0 Å². The van der Waals surface area contributed by atoms with Crippen LogP contribution in [0.4, 0.5) is 4.79 Å². The third-order valence-electron chi connectivity index (χ3n) is 5.85. The molecule has 2 aliphatic heterocycles. The van der Waals surface area contributed by atoms with Gasteiger partial charge in [0.15, 0.2) is 0 Å². The van der Waals surface area contributed by atoms with Crippen LogP contribution in [0.25, 0.3) is 10.9 Å². The highest BCUT2D eigenvalue weighted by atomic mass is 16.6. The molecule has 3 aromatic rings. The summed E-state index contributed by atoms with van der Waals surface area (Å²) < 4.78 is 13.5. The Kier molecular flexibility index (Phi) is 4.54. The fourth-order valence-corrected chi connectivity index (χ4v) is 4.59. The molecule has 0 fully saturated rings. The van der Waals surface area contributed by atoms with Gasteiger partial charge in [-0.3, -0.25) is 0 Å². The van der Waals surface area contributed by atoms with Gasteiger partial charge < -0.3 is 14.3 Å². The van der Waals surface area contributed by atoms with Crippen molar-refractivity contribution in [1.29, 1.82) is 0 Å². The average molecular weight is 418 g/mol. The monoisotopic (exact) mass is 418 g/mol. The number of carbonyl (C=O) groups excluding carboxylic acids is 1. The molecule has 0 saturated carbocycles. The molecule has 1 aromatic heterocycles. The largest absolute Gasteiger partial charge is 0.492 e. The second-order valence-electron chi connectivity index (χ2n) is 9.12. The van der Waals surface area contributed by atoms with Crippen molar-refractivity contribution in [2.24, 2.45) is 11.1 Å². The fraction of sp³-hybridized carbons (Fsp3) is 0.360. The minimum atomic E-state index is -0.591. The molecule has 6 heteroatoms. The number of ether oxygens (including phenoxy) is 2. The first-order valence-electron chi connectivity index (χ1n) is 10.6. The minimum Gasteiger partial charge on any atom is -0.492 e. The number of fused-ring (bicyclic) bond motifs is 3. The summed E-state index contributed by atoms with van der Waals surface area (Å²) in [5, 5.41) is 5.45. The number of nitrogens with zero attached hydrogens (tertiary/aromatic N) is 2. The normalized spacial score (nSPS) is 20.2. The lowest BCUT2D eigenvalue weighted by Crippen LogP contribution is -2.28.